The molecule has 0 aliphatic carbocycles. The maximum absolute atomic E-state index is 13.0. The normalized spacial score (nSPS) is 17.7. The highest BCUT2D eigenvalue weighted by atomic mass is 32.2. The average molecular weight is 456 g/mol. The van der Waals surface area contributed by atoms with Gasteiger partial charge < -0.3 is 10.2 Å². The third-order valence-electron chi connectivity index (χ3n) is 6.10. The Morgan fingerprint density at radius 2 is 1.44 bits per heavy atom. The molecule has 2 fully saturated rings. The van der Waals surface area contributed by atoms with Crippen molar-refractivity contribution in [1.29, 1.82) is 0 Å². The van der Waals surface area contributed by atoms with Crippen LogP contribution in [0.25, 0.3) is 0 Å². The second-order valence-corrected chi connectivity index (χ2v) is 10.3. The van der Waals surface area contributed by atoms with Crippen LogP contribution in [0.15, 0.2) is 53.4 Å². The Hall–Kier alpha value is -2.71. The number of sulfonamides is 1. The summed E-state index contributed by atoms with van der Waals surface area (Å²) in [5.74, 6) is -0.540. The van der Waals surface area contributed by atoms with Crippen LogP contribution in [0.2, 0.25) is 0 Å². The van der Waals surface area contributed by atoms with Gasteiger partial charge >= 0.3 is 0 Å². The van der Waals surface area contributed by atoms with Gasteiger partial charge in [0.05, 0.1) is 16.1 Å². The molecule has 2 aromatic rings. The summed E-state index contributed by atoms with van der Waals surface area (Å²) < 4.78 is 27.5. The van der Waals surface area contributed by atoms with Crippen molar-refractivity contribution in [3.8, 4) is 0 Å². The number of rotatable bonds is 5. The van der Waals surface area contributed by atoms with Crippen LogP contribution >= 0.6 is 0 Å². The minimum atomic E-state index is -3.63. The van der Waals surface area contributed by atoms with Gasteiger partial charge in [0, 0.05) is 31.7 Å². The van der Waals surface area contributed by atoms with Crippen LogP contribution in [0.5, 0.6) is 0 Å². The van der Waals surface area contributed by atoms with Gasteiger partial charge in [-0.2, -0.15) is 4.31 Å². The molecule has 0 aromatic heterocycles. The van der Waals surface area contributed by atoms with Gasteiger partial charge in [-0.15, -0.1) is 0 Å². The summed E-state index contributed by atoms with van der Waals surface area (Å²) in [5.41, 5.74) is 1.11. The van der Waals surface area contributed by atoms with Crippen LogP contribution in [0, 0.1) is 0 Å². The second kappa shape index (κ2) is 9.83. The molecule has 7 nitrogen and oxygen atoms in total. The van der Waals surface area contributed by atoms with E-state index in [1.165, 1.54) is 16.4 Å². The van der Waals surface area contributed by atoms with Crippen molar-refractivity contribution in [2.24, 2.45) is 0 Å². The van der Waals surface area contributed by atoms with Gasteiger partial charge in [-0.05, 0) is 62.4 Å². The van der Waals surface area contributed by atoms with Crippen molar-refractivity contribution in [3.05, 3.63) is 59.7 Å². The number of hydrogen-bond donors (Lipinski definition) is 1. The highest BCUT2D eigenvalue weighted by Crippen LogP contribution is 2.23. The molecule has 170 valence electrons. The molecule has 0 spiro atoms. The summed E-state index contributed by atoms with van der Waals surface area (Å²) >= 11 is 0. The number of benzene rings is 2. The zero-order valence-corrected chi connectivity index (χ0v) is 18.9. The first-order valence-electron chi connectivity index (χ1n) is 11.3. The van der Waals surface area contributed by atoms with Gasteiger partial charge in [-0.25, -0.2) is 8.42 Å². The first kappa shape index (κ1) is 22.5. The van der Waals surface area contributed by atoms with Gasteiger partial charge in [-0.3, -0.25) is 9.59 Å². The zero-order valence-electron chi connectivity index (χ0n) is 18.1. The van der Waals surface area contributed by atoms with Crippen LogP contribution in [0.4, 0.5) is 5.69 Å². The average Bonchev–Trinajstić information content (AvgIpc) is 2.85. The van der Waals surface area contributed by atoms with E-state index >= 15 is 0 Å². The van der Waals surface area contributed by atoms with Crippen LogP contribution in [-0.2, 0) is 10.0 Å². The quantitative estimate of drug-likeness (QED) is 0.744. The standard InChI is InChI=1S/C24H29N3O4S/c28-23(19-10-9-11-20(18-19)32(30,31)27-16-7-2-8-17-27)25-22-13-4-3-12-21(22)24(29)26-14-5-1-6-15-26/h3-4,9-13,18H,1-2,5-8,14-17H2,(H,25,28). The monoisotopic (exact) mass is 455 g/mol. The van der Waals surface area contributed by atoms with E-state index < -0.39 is 15.9 Å². The van der Waals surface area contributed by atoms with Crippen molar-refractivity contribution in [1.82, 2.24) is 9.21 Å². The highest BCUT2D eigenvalue weighted by Gasteiger charge is 2.27. The van der Waals surface area contributed by atoms with E-state index in [4.69, 9.17) is 0 Å². The Bertz CT molecular complexity index is 1090. The molecule has 2 aromatic carbocycles. The third kappa shape index (κ3) is 4.86. The van der Waals surface area contributed by atoms with Crippen LogP contribution in [0.3, 0.4) is 0 Å². The molecule has 1 N–H and O–H groups in total. The topological polar surface area (TPSA) is 86.8 Å². The van der Waals surface area contributed by atoms with E-state index in [0.29, 0.717) is 24.3 Å². The Morgan fingerprint density at radius 1 is 0.781 bits per heavy atom. The maximum Gasteiger partial charge on any atom is 0.255 e. The molecule has 0 atom stereocenters. The molecule has 8 heteroatoms. The molecule has 32 heavy (non-hydrogen) atoms. The van der Waals surface area contributed by atoms with Crippen molar-refractivity contribution in [2.45, 2.75) is 43.4 Å². The molecule has 4 rings (SSSR count). The molecule has 0 radical (unpaired) electrons. The Morgan fingerprint density at radius 3 is 2.16 bits per heavy atom. The smallest absolute Gasteiger partial charge is 0.255 e. The number of likely N-dealkylation sites (tertiary alicyclic amines) is 1. The molecule has 2 aliphatic rings. The summed E-state index contributed by atoms with van der Waals surface area (Å²) in [7, 11) is -3.63. The van der Waals surface area contributed by atoms with Crippen molar-refractivity contribution in [2.75, 3.05) is 31.5 Å². The van der Waals surface area contributed by atoms with Gasteiger partial charge in [0.1, 0.15) is 0 Å². The fourth-order valence-electron chi connectivity index (χ4n) is 4.29. The molecule has 2 saturated heterocycles. The first-order valence-corrected chi connectivity index (χ1v) is 12.7. The predicted molar refractivity (Wildman–Crippen MR) is 123 cm³/mol. The summed E-state index contributed by atoms with van der Waals surface area (Å²) in [6.45, 7) is 2.45. The fourth-order valence-corrected chi connectivity index (χ4v) is 5.86. The number of hydrogen-bond acceptors (Lipinski definition) is 4. The lowest BCUT2D eigenvalue weighted by Gasteiger charge is -2.27. The Balaban J connectivity index is 1.54. The number of carbonyl (C=O) groups excluding carboxylic acids is 2. The van der Waals surface area contributed by atoms with Crippen LogP contribution in [-0.4, -0.2) is 55.6 Å². The molecular weight excluding hydrogens is 426 g/mol. The highest BCUT2D eigenvalue weighted by molar-refractivity contribution is 7.89. The number of anilines is 1. The number of piperidine rings is 2. The van der Waals surface area contributed by atoms with Crippen LogP contribution in [0.1, 0.15) is 59.2 Å². The number of amides is 2. The predicted octanol–water partition coefficient (Wildman–Crippen LogP) is 3.74. The van der Waals surface area contributed by atoms with Gasteiger partial charge in [0.25, 0.3) is 11.8 Å². The Kier molecular flexibility index (Phi) is 6.91. The SMILES string of the molecule is O=C(Nc1ccccc1C(=O)N1CCCCC1)c1cccc(S(=O)(=O)N2CCCCC2)c1. The number of para-hydroxylation sites is 1. The third-order valence-corrected chi connectivity index (χ3v) is 7.99. The number of nitrogens with one attached hydrogen (secondary N) is 1. The zero-order chi connectivity index (χ0) is 22.6. The molecule has 0 bridgehead atoms. The summed E-state index contributed by atoms with van der Waals surface area (Å²) in [5, 5.41) is 2.81. The van der Waals surface area contributed by atoms with Crippen molar-refractivity contribution in [3.63, 3.8) is 0 Å². The number of carbonyl (C=O) groups is 2. The lowest BCUT2D eigenvalue weighted by atomic mass is 10.1. The number of nitrogens with zero attached hydrogens (tertiary/aromatic N) is 2. The van der Waals surface area contributed by atoms with Gasteiger partial charge in [-0.1, -0.05) is 24.6 Å². The fraction of sp³-hybridized carbons (Fsp3) is 0.417. The van der Waals surface area contributed by atoms with E-state index in [1.54, 1.807) is 36.4 Å². The Labute approximate surface area is 189 Å². The van der Waals surface area contributed by atoms with E-state index in [-0.39, 0.29) is 16.4 Å². The molecule has 2 aliphatic heterocycles. The minimum absolute atomic E-state index is 0.0953. The summed E-state index contributed by atoms with van der Waals surface area (Å²) in [6, 6.07) is 13.0. The van der Waals surface area contributed by atoms with Crippen molar-refractivity contribution >= 4 is 27.5 Å². The van der Waals surface area contributed by atoms with E-state index in [1.807, 2.05) is 4.90 Å². The van der Waals surface area contributed by atoms with E-state index in [2.05, 4.69) is 5.32 Å². The lowest BCUT2D eigenvalue weighted by molar-refractivity contribution is 0.0725. The van der Waals surface area contributed by atoms with Gasteiger partial charge in [0.2, 0.25) is 10.0 Å². The van der Waals surface area contributed by atoms with E-state index in [0.717, 1.165) is 51.6 Å². The first-order chi connectivity index (χ1) is 15.5. The largest absolute Gasteiger partial charge is 0.339 e. The van der Waals surface area contributed by atoms with Crippen molar-refractivity contribution < 1.29 is 18.0 Å². The molecule has 2 amide bonds. The van der Waals surface area contributed by atoms with Crippen LogP contribution < -0.4 is 5.32 Å². The maximum atomic E-state index is 13.0. The molecule has 0 unspecified atom stereocenters. The summed E-state index contributed by atoms with van der Waals surface area (Å²) in [6.07, 6.45) is 5.82. The molecule has 2 heterocycles. The second-order valence-electron chi connectivity index (χ2n) is 8.35. The molecular formula is C24H29N3O4S. The summed E-state index contributed by atoms with van der Waals surface area (Å²) in [4.78, 5) is 27.9. The lowest BCUT2D eigenvalue weighted by Crippen LogP contribution is -2.36. The van der Waals surface area contributed by atoms with E-state index in [9.17, 15) is 18.0 Å². The molecule has 0 saturated carbocycles. The van der Waals surface area contributed by atoms with Gasteiger partial charge in [0.15, 0.2) is 0 Å². The minimum Gasteiger partial charge on any atom is -0.339 e.